The van der Waals surface area contributed by atoms with Crippen molar-refractivity contribution in [2.75, 3.05) is 141 Å². The topological polar surface area (TPSA) is 344 Å². The molecule has 29 heteroatoms. The summed E-state index contributed by atoms with van der Waals surface area (Å²) in [6.07, 6.45) is -1.85. The van der Waals surface area contributed by atoms with Crippen molar-refractivity contribution < 1.29 is 84.9 Å². The molecule has 0 saturated heterocycles. The summed E-state index contributed by atoms with van der Waals surface area (Å²) in [4.78, 5) is 91.1. The third kappa shape index (κ3) is 15.6. The van der Waals surface area contributed by atoms with Crippen LogP contribution in [0.4, 0.5) is 11.4 Å². The molecule has 2 aromatic carbocycles. The number of nitrogens with zero attached hydrogens (tertiary/aromatic N) is 6. The van der Waals surface area contributed by atoms with Gasteiger partial charge in [0, 0.05) is 59.5 Å². The molecule has 6 amide bonds. The number of halogens is 6. The molecule has 0 heterocycles. The maximum atomic E-state index is 14.3. The molecule has 23 nitrogen and oxygen atoms in total. The highest BCUT2D eigenvalue weighted by Crippen LogP contribution is 2.41. The molecule has 0 radical (unpaired) electrons. The van der Waals surface area contributed by atoms with E-state index >= 15 is 0 Å². The van der Waals surface area contributed by atoms with Crippen LogP contribution in [0.2, 0.25) is 0 Å². The normalized spacial score (nSPS) is 11.2. The number of aliphatic hydroxyl groups is 11. The van der Waals surface area contributed by atoms with E-state index in [0.717, 1.165) is 29.4 Å². The third-order valence-electron chi connectivity index (χ3n) is 9.75. The molecule has 382 valence electrons. The van der Waals surface area contributed by atoms with Crippen molar-refractivity contribution in [2.24, 2.45) is 0 Å². The largest absolute Gasteiger partial charge is 0.395 e. The first kappa shape index (κ1) is 63.3. The van der Waals surface area contributed by atoms with Crippen LogP contribution in [0.5, 0.6) is 0 Å². The minimum atomic E-state index is -1.85. The highest BCUT2D eigenvalue weighted by Gasteiger charge is 2.38. The molecule has 0 aliphatic heterocycles. The second-order valence-corrected chi connectivity index (χ2v) is 20.5. The van der Waals surface area contributed by atoms with Crippen LogP contribution < -0.4 is 9.80 Å². The van der Waals surface area contributed by atoms with Crippen LogP contribution in [0.15, 0.2) is 0 Å². The van der Waals surface area contributed by atoms with Gasteiger partial charge in [-0.15, -0.1) is 0 Å². The highest BCUT2D eigenvalue weighted by atomic mass is 127. The second-order valence-electron chi connectivity index (χ2n) is 14.0. The number of carbonyl (C=O) groups is 6. The number of carbonyl (C=O) groups excluding carboxylic acids is 6. The van der Waals surface area contributed by atoms with Crippen LogP contribution in [0.25, 0.3) is 0 Å². The van der Waals surface area contributed by atoms with Gasteiger partial charge in [0.05, 0.1) is 120 Å². The summed E-state index contributed by atoms with van der Waals surface area (Å²) in [6.45, 7) is -10.3. The fourth-order valence-electron chi connectivity index (χ4n) is 6.67. The molecule has 2 rings (SSSR count). The lowest BCUT2D eigenvalue weighted by Crippen LogP contribution is -2.48. The van der Waals surface area contributed by atoms with Crippen molar-refractivity contribution in [3.63, 3.8) is 0 Å². The SMILES string of the molecule is O=C(c1c(I)c(C(=O)N(CCO)CCO)c(I)c(N(CC(O)CN(C(=O)CO)c2c(I)c(C(=O)N(CCO)CCO)c(I)c(C(=O)N(CCO)CCO)c2I)C(=O)CO)c1I)N(CCO)CCO. The molecule has 0 atom stereocenters. The summed E-state index contributed by atoms with van der Waals surface area (Å²) < 4.78 is 0.105. The monoisotopic (exact) mass is 1640 g/mol. The molecule has 0 spiro atoms. The van der Waals surface area contributed by atoms with E-state index in [4.69, 9.17) is 0 Å². The van der Waals surface area contributed by atoms with Gasteiger partial charge in [0.2, 0.25) is 0 Å². The number of aliphatic hydroxyl groups excluding tert-OH is 11. The minimum Gasteiger partial charge on any atom is -0.395 e. The smallest absolute Gasteiger partial charge is 0.256 e. The van der Waals surface area contributed by atoms with Gasteiger partial charge in [-0.3, -0.25) is 28.8 Å². The predicted molar refractivity (Wildman–Crippen MR) is 294 cm³/mol. The average molecular weight is 1640 g/mol. The van der Waals surface area contributed by atoms with Crippen molar-refractivity contribution in [1.29, 1.82) is 0 Å². The fraction of sp³-hybridized carbons (Fsp3) is 0.538. The van der Waals surface area contributed by atoms with E-state index in [1.807, 2.05) is 0 Å². The Labute approximate surface area is 472 Å². The summed E-state index contributed by atoms with van der Waals surface area (Å²) in [5.74, 6) is -5.35. The lowest BCUT2D eigenvalue weighted by molar-refractivity contribution is -0.121. The number of amides is 6. The lowest BCUT2D eigenvalue weighted by atomic mass is 10.0. The van der Waals surface area contributed by atoms with E-state index in [1.54, 1.807) is 136 Å². The molecule has 0 saturated carbocycles. The zero-order valence-corrected chi connectivity index (χ0v) is 49.0. The van der Waals surface area contributed by atoms with Gasteiger partial charge in [0.1, 0.15) is 13.2 Å². The Morgan fingerprint density at radius 1 is 0.353 bits per heavy atom. The first-order valence-corrected chi connectivity index (χ1v) is 26.7. The molecule has 0 aromatic heterocycles. The van der Waals surface area contributed by atoms with Crippen molar-refractivity contribution in [3.05, 3.63) is 43.7 Å². The van der Waals surface area contributed by atoms with Crippen LogP contribution in [-0.2, 0) is 9.59 Å². The van der Waals surface area contributed by atoms with Gasteiger partial charge < -0.3 is 85.6 Å². The van der Waals surface area contributed by atoms with E-state index in [2.05, 4.69) is 0 Å². The van der Waals surface area contributed by atoms with E-state index in [1.165, 1.54) is 0 Å². The molecule has 0 aliphatic rings. The molecule has 0 aliphatic carbocycles. The lowest BCUT2D eigenvalue weighted by Gasteiger charge is -2.34. The van der Waals surface area contributed by atoms with E-state index in [-0.39, 0.29) is 107 Å². The maximum Gasteiger partial charge on any atom is 0.256 e. The summed E-state index contributed by atoms with van der Waals surface area (Å²) >= 11 is 10.4. The average Bonchev–Trinajstić information content (AvgIpc) is 3.29. The summed E-state index contributed by atoms with van der Waals surface area (Å²) in [6, 6.07) is 0. The number of hydrogen-bond acceptors (Lipinski definition) is 17. The summed E-state index contributed by atoms with van der Waals surface area (Å²) in [5, 5.41) is 111. The van der Waals surface area contributed by atoms with Crippen LogP contribution >= 0.6 is 136 Å². The van der Waals surface area contributed by atoms with Gasteiger partial charge in [0.25, 0.3) is 35.4 Å². The van der Waals surface area contributed by atoms with Gasteiger partial charge >= 0.3 is 0 Å². The van der Waals surface area contributed by atoms with Crippen LogP contribution in [-0.4, -0.2) is 249 Å². The molecule has 0 fully saturated rings. The van der Waals surface area contributed by atoms with Crippen LogP contribution in [0.1, 0.15) is 41.4 Å². The predicted octanol–water partition coefficient (Wildman–Crippen LogP) is -2.27. The number of hydrogen-bond donors (Lipinski definition) is 11. The summed E-state index contributed by atoms with van der Waals surface area (Å²) in [5.41, 5.74) is -1.12. The second kappa shape index (κ2) is 31.7. The van der Waals surface area contributed by atoms with E-state index < -0.39 is 121 Å². The molecular formula is C39H52I6N6O17. The molecule has 68 heavy (non-hydrogen) atoms. The first-order valence-electron chi connectivity index (χ1n) is 20.3. The van der Waals surface area contributed by atoms with E-state index in [0.29, 0.717) is 0 Å². The zero-order valence-electron chi connectivity index (χ0n) is 36.0. The maximum absolute atomic E-state index is 14.3. The van der Waals surface area contributed by atoms with Crippen molar-refractivity contribution >= 4 is 182 Å². The van der Waals surface area contributed by atoms with Crippen LogP contribution in [0.3, 0.4) is 0 Å². The number of rotatable bonds is 28. The number of benzene rings is 2. The fourth-order valence-corrected chi connectivity index (χ4v) is 16.0. The van der Waals surface area contributed by atoms with Crippen LogP contribution in [0, 0.1) is 21.4 Å². The number of anilines is 2. The molecular weight excluding hydrogens is 1590 g/mol. The Morgan fingerprint density at radius 2 is 0.544 bits per heavy atom. The Hall–Kier alpha value is -0.800. The van der Waals surface area contributed by atoms with Crippen molar-refractivity contribution in [2.45, 2.75) is 6.10 Å². The van der Waals surface area contributed by atoms with Crippen molar-refractivity contribution in [3.8, 4) is 0 Å². The Morgan fingerprint density at radius 3 is 0.706 bits per heavy atom. The van der Waals surface area contributed by atoms with Gasteiger partial charge in [-0.25, -0.2) is 0 Å². The van der Waals surface area contributed by atoms with Gasteiger partial charge in [-0.2, -0.15) is 0 Å². The highest BCUT2D eigenvalue weighted by molar-refractivity contribution is 14.1. The summed E-state index contributed by atoms with van der Waals surface area (Å²) in [7, 11) is 0. The van der Waals surface area contributed by atoms with Gasteiger partial charge in [-0.1, -0.05) is 0 Å². The standard InChI is InChI=1S/C39H52I6N6O17/c40-28-24(36(65)46(1-9-52)2-10-53)30(42)34(31(43)25(28)37(66)47(3-11-54)4-12-55)50(22(63)19-60)17-21(62)18-51(23(64)20-61)35-32(44)26(38(67)48(5-13-56)6-14-57)29(41)27(33(35)45)39(68)49(7-15-58)8-16-59/h21,52-62H,1-20H2. The third-order valence-corrected chi connectivity index (χ3v) is 16.1. The van der Waals surface area contributed by atoms with Gasteiger partial charge in [-0.05, 0) is 136 Å². The Bertz CT molecular complexity index is 1830. The van der Waals surface area contributed by atoms with Crippen molar-refractivity contribution in [1.82, 2.24) is 19.6 Å². The molecule has 0 bridgehead atoms. The molecule has 2 aromatic rings. The first-order chi connectivity index (χ1) is 32.3. The minimum absolute atomic E-state index is 0.00523. The molecule has 11 N–H and O–H groups in total. The quantitative estimate of drug-likeness (QED) is 0.0401. The zero-order chi connectivity index (χ0) is 51.6. The Kier molecular flexibility index (Phi) is 29.5. The van der Waals surface area contributed by atoms with Gasteiger partial charge in [0.15, 0.2) is 0 Å². The van der Waals surface area contributed by atoms with E-state index in [9.17, 15) is 84.9 Å². The Balaban J connectivity index is 3.11. The molecule has 0 unspecified atom stereocenters.